The first-order valence-corrected chi connectivity index (χ1v) is 7.67. The summed E-state index contributed by atoms with van der Waals surface area (Å²) in [5, 5.41) is 13.1. The van der Waals surface area contributed by atoms with Crippen LogP contribution in [0.4, 0.5) is 0 Å². The molecule has 3 rings (SSSR count). The van der Waals surface area contributed by atoms with E-state index in [1.807, 2.05) is 37.3 Å². The van der Waals surface area contributed by atoms with Gasteiger partial charge in [0.15, 0.2) is 0 Å². The SMILES string of the molecule is Cc1ccc(-n2nnnc2SCc2ccc(Cl)nc2)cc1. The fourth-order valence-corrected chi connectivity index (χ4v) is 2.69. The molecular weight excluding hydrogens is 306 g/mol. The number of hydrogen-bond donors (Lipinski definition) is 0. The minimum absolute atomic E-state index is 0.494. The second kappa shape index (κ2) is 6.24. The molecule has 3 aromatic rings. The number of tetrazole rings is 1. The number of benzene rings is 1. The number of pyridine rings is 1. The van der Waals surface area contributed by atoms with Crippen molar-refractivity contribution in [3.63, 3.8) is 0 Å². The molecule has 0 amide bonds. The van der Waals surface area contributed by atoms with Gasteiger partial charge in [0, 0.05) is 11.9 Å². The van der Waals surface area contributed by atoms with E-state index in [1.54, 1.807) is 28.7 Å². The van der Waals surface area contributed by atoms with E-state index in [1.165, 1.54) is 5.56 Å². The number of rotatable bonds is 4. The van der Waals surface area contributed by atoms with Gasteiger partial charge in [-0.1, -0.05) is 47.1 Å². The zero-order chi connectivity index (χ0) is 14.7. The molecule has 2 aromatic heterocycles. The number of nitrogens with zero attached hydrogens (tertiary/aromatic N) is 5. The van der Waals surface area contributed by atoms with Crippen molar-refractivity contribution in [2.45, 2.75) is 17.8 Å². The monoisotopic (exact) mass is 317 g/mol. The Labute approximate surface area is 131 Å². The van der Waals surface area contributed by atoms with Crippen molar-refractivity contribution >= 4 is 23.4 Å². The predicted molar refractivity (Wildman–Crippen MR) is 82.7 cm³/mol. The van der Waals surface area contributed by atoms with Crippen LogP contribution in [0.25, 0.3) is 5.69 Å². The van der Waals surface area contributed by atoms with Crippen LogP contribution in [0, 0.1) is 6.92 Å². The van der Waals surface area contributed by atoms with Crippen LogP contribution in [0.2, 0.25) is 5.15 Å². The lowest BCUT2D eigenvalue weighted by Gasteiger charge is -2.04. The highest BCUT2D eigenvalue weighted by Gasteiger charge is 2.09. The molecule has 0 atom stereocenters. The molecule has 1 aromatic carbocycles. The summed E-state index contributed by atoms with van der Waals surface area (Å²) in [7, 11) is 0. The van der Waals surface area contributed by atoms with Crippen molar-refractivity contribution in [1.29, 1.82) is 0 Å². The molecule has 0 saturated heterocycles. The van der Waals surface area contributed by atoms with Crippen LogP contribution in [0.3, 0.4) is 0 Å². The molecule has 0 unspecified atom stereocenters. The summed E-state index contributed by atoms with van der Waals surface area (Å²) < 4.78 is 1.73. The first kappa shape index (κ1) is 14.0. The third-order valence-corrected chi connectivity index (χ3v) is 4.09. The summed E-state index contributed by atoms with van der Waals surface area (Å²) in [5.74, 6) is 0.733. The molecule has 0 radical (unpaired) electrons. The quantitative estimate of drug-likeness (QED) is 0.546. The van der Waals surface area contributed by atoms with Gasteiger partial charge >= 0.3 is 0 Å². The lowest BCUT2D eigenvalue weighted by atomic mass is 10.2. The molecular formula is C14H12ClN5S. The summed E-state index contributed by atoms with van der Waals surface area (Å²) >= 11 is 7.33. The van der Waals surface area contributed by atoms with E-state index in [2.05, 4.69) is 20.5 Å². The van der Waals surface area contributed by atoms with Crippen LogP contribution in [0.5, 0.6) is 0 Å². The average molecular weight is 318 g/mol. The normalized spacial score (nSPS) is 10.8. The molecule has 0 saturated carbocycles. The van der Waals surface area contributed by atoms with Crippen molar-refractivity contribution in [3.05, 3.63) is 58.9 Å². The van der Waals surface area contributed by atoms with E-state index in [9.17, 15) is 0 Å². The second-order valence-electron chi connectivity index (χ2n) is 4.49. The van der Waals surface area contributed by atoms with Crippen LogP contribution in [-0.2, 0) is 5.75 Å². The summed E-state index contributed by atoms with van der Waals surface area (Å²) in [5.41, 5.74) is 3.22. The third-order valence-electron chi connectivity index (χ3n) is 2.88. The maximum absolute atomic E-state index is 5.78. The molecule has 106 valence electrons. The number of hydrogen-bond acceptors (Lipinski definition) is 5. The van der Waals surface area contributed by atoms with Crippen molar-refractivity contribution in [1.82, 2.24) is 25.2 Å². The molecule has 7 heteroatoms. The minimum atomic E-state index is 0.494. The van der Waals surface area contributed by atoms with E-state index < -0.39 is 0 Å². The molecule has 0 spiro atoms. The van der Waals surface area contributed by atoms with E-state index in [-0.39, 0.29) is 0 Å². The summed E-state index contributed by atoms with van der Waals surface area (Å²) in [6.07, 6.45) is 1.76. The number of aryl methyl sites for hydroxylation is 1. The first-order valence-electron chi connectivity index (χ1n) is 6.31. The van der Waals surface area contributed by atoms with Crippen molar-refractivity contribution in [2.24, 2.45) is 0 Å². The molecule has 0 bridgehead atoms. The Balaban J connectivity index is 1.76. The molecule has 2 heterocycles. The van der Waals surface area contributed by atoms with Gasteiger partial charge in [0.25, 0.3) is 0 Å². The Morgan fingerprint density at radius 3 is 2.67 bits per heavy atom. The lowest BCUT2D eigenvalue weighted by Crippen LogP contribution is -1.99. The average Bonchev–Trinajstić information content (AvgIpc) is 2.96. The fourth-order valence-electron chi connectivity index (χ4n) is 1.76. The van der Waals surface area contributed by atoms with E-state index in [4.69, 9.17) is 11.6 Å². The van der Waals surface area contributed by atoms with Gasteiger partial charge in [0.2, 0.25) is 5.16 Å². The van der Waals surface area contributed by atoms with Crippen LogP contribution < -0.4 is 0 Å². The van der Waals surface area contributed by atoms with Crippen molar-refractivity contribution in [2.75, 3.05) is 0 Å². The van der Waals surface area contributed by atoms with Crippen LogP contribution in [0.1, 0.15) is 11.1 Å². The van der Waals surface area contributed by atoms with Gasteiger partial charge in [-0.25, -0.2) is 4.98 Å². The van der Waals surface area contributed by atoms with Gasteiger partial charge in [0.1, 0.15) is 5.15 Å². The largest absolute Gasteiger partial charge is 0.244 e. The highest BCUT2D eigenvalue weighted by atomic mass is 35.5. The molecule has 0 N–H and O–H groups in total. The maximum atomic E-state index is 5.78. The smallest absolute Gasteiger partial charge is 0.214 e. The number of aromatic nitrogens is 5. The van der Waals surface area contributed by atoms with Gasteiger partial charge in [-0.05, 0) is 41.1 Å². The Morgan fingerprint density at radius 2 is 1.95 bits per heavy atom. The molecule has 5 nitrogen and oxygen atoms in total. The van der Waals surface area contributed by atoms with Crippen LogP contribution in [-0.4, -0.2) is 25.2 Å². The first-order chi connectivity index (χ1) is 10.2. The third kappa shape index (κ3) is 3.40. The molecule has 21 heavy (non-hydrogen) atoms. The highest BCUT2D eigenvalue weighted by Crippen LogP contribution is 2.22. The lowest BCUT2D eigenvalue weighted by molar-refractivity contribution is 0.756. The Hall–Kier alpha value is -1.92. The fraction of sp³-hybridized carbons (Fsp3) is 0.143. The number of thioether (sulfide) groups is 1. The molecule has 0 aliphatic heterocycles. The van der Waals surface area contributed by atoms with Gasteiger partial charge in [0.05, 0.1) is 5.69 Å². The maximum Gasteiger partial charge on any atom is 0.214 e. The summed E-state index contributed by atoms with van der Waals surface area (Å²) in [4.78, 5) is 4.06. The minimum Gasteiger partial charge on any atom is -0.244 e. The van der Waals surface area contributed by atoms with Gasteiger partial charge in [-0.15, -0.1) is 5.10 Å². The highest BCUT2D eigenvalue weighted by molar-refractivity contribution is 7.98. The van der Waals surface area contributed by atoms with Crippen molar-refractivity contribution < 1.29 is 0 Å². The van der Waals surface area contributed by atoms with Gasteiger partial charge in [-0.3, -0.25) is 0 Å². The predicted octanol–water partition coefficient (Wildman–Crippen LogP) is 3.31. The summed E-state index contributed by atoms with van der Waals surface area (Å²) in [6.45, 7) is 2.05. The van der Waals surface area contributed by atoms with Crippen LogP contribution in [0.15, 0.2) is 47.8 Å². The standard InChI is InChI=1S/C14H12ClN5S/c1-10-2-5-12(6-3-10)20-14(17-18-19-20)21-9-11-4-7-13(15)16-8-11/h2-8H,9H2,1H3. The molecule has 0 fully saturated rings. The van der Waals surface area contributed by atoms with Gasteiger partial charge in [-0.2, -0.15) is 4.68 Å². The summed E-state index contributed by atoms with van der Waals surface area (Å²) in [6, 6.07) is 11.8. The zero-order valence-electron chi connectivity index (χ0n) is 11.3. The Morgan fingerprint density at radius 1 is 1.14 bits per heavy atom. The zero-order valence-corrected chi connectivity index (χ0v) is 12.8. The molecule has 0 aliphatic rings. The van der Waals surface area contributed by atoms with E-state index in [0.29, 0.717) is 5.15 Å². The van der Waals surface area contributed by atoms with E-state index >= 15 is 0 Å². The van der Waals surface area contributed by atoms with Gasteiger partial charge < -0.3 is 0 Å². The number of halogens is 1. The molecule has 0 aliphatic carbocycles. The Bertz CT molecular complexity index is 724. The van der Waals surface area contributed by atoms with Crippen LogP contribution >= 0.6 is 23.4 Å². The van der Waals surface area contributed by atoms with E-state index in [0.717, 1.165) is 22.2 Å². The second-order valence-corrected chi connectivity index (χ2v) is 5.82. The Kier molecular flexibility index (Phi) is 4.17. The topological polar surface area (TPSA) is 56.5 Å². The van der Waals surface area contributed by atoms with Crippen molar-refractivity contribution in [3.8, 4) is 5.69 Å².